The molecule has 0 atom stereocenters. The molecule has 0 radical (unpaired) electrons. The second-order valence-corrected chi connectivity index (χ2v) is 3.92. The Kier molecular flexibility index (Phi) is 3.44. The molecule has 3 nitrogen and oxygen atoms in total. The van der Waals surface area contributed by atoms with Crippen molar-refractivity contribution in [3.63, 3.8) is 0 Å². The molecule has 0 fully saturated rings. The summed E-state index contributed by atoms with van der Waals surface area (Å²) in [7, 11) is 0. The van der Waals surface area contributed by atoms with Gasteiger partial charge in [-0.2, -0.15) is 13.2 Å². The first kappa shape index (κ1) is 14.0. The van der Waals surface area contributed by atoms with Crippen molar-refractivity contribution < 1.29 is 27.5 Å². The second kappa shape index (κ2) is 4.92. The molecule has 0 amide bonds. The highest BCUT2D eigenvalue weighted by atomic mass is 19.4. The molecule has 0 saturated heterocycles. The van der Waals surface area contributed by atoms with Crippen LogP contribution in [0.4, 0.5) is 17.6 Å². The molecule has 1 aromatic heterocycles. The highest BCUT2D eigenvalue weighted by Gasteiger charge is 2.34. The number of hydrogen-bond donors (Lipinski definition) is 1. The van der Waals surface area contributed by atoms with Crippen LogP contribution < -0.4 is 0 Å². The third-order valence-corrected chi connectivity index (χ3v) is 2.63. The molecule has 0 aliphatic heterocycles. The third-order valence-electron chi connectivity index (χ3n) is 2.63. The summed E-state index contributed by atoms with van der Waals surface area (Å²) in [5, 5.41) is 8.82. The molecular weight excluding hydrogens is 278 g/mol. The number of aromatic nitrogens is 1. The molecule has 0 saturated carbocycles. The predicted octanol–water partition coefficient (Wildman–Crippen LogP) is 3.60. The van der Waals surface area contributed by atoms with Gasteiger partial charge < -0.3 is 5.11 Å². The van der Waals surface area contributed by atoms with Gasteiger partial charge in [0.1, 0.15) is 5.82 Å². The van der Waals surface area contributed by atoms with Gasteiger partial charge in [-0.1, -0.05) is 0 Å². The van der Waals surface area contributed by atoms with Crippen LogP contribution >= 0.6 is 0 Å². The number of rotatable bonds is 2. The summed E-state index contributed by atoms with van der Waals surface area (Å²) >= 11 is 0. The standard InChI is InChI=1S/C13H7F4NO2/c14-11-2-1-7(12(19)20)5-8(11)9-6-18-4-3-10(9)13(15,16)17/h1-6H,(H,19,20). The van der Waals surface area contributed by atoms with E-state index in [4.69, 9.17) is 5.11 Å². The first-order chi connectivity index (χ1) is 9.30. The molecule has 0 aliphatic rings. The number of carboxylic acid groups (broad SMARTS) is 1. The van der Waals surface area contributed by atoms with Crippen LogP contribution in [0.1, 0.15) is 15.9 Å². The zero-order chi connectivity index (χ0) is 14.9. The van der Waals surface area contributed by atoms with Crippen LogP contribution in [-0.2, 0) is 6.18 Å². The molecule has 0 spiro atoms. The minimum Gasteiger partial charge on any atom is -0.478 e. The molecule has 2 aromatic rings. The summed E-state index contributed by atoms with van der Waals surface area (Å²) in [6.07, 6.45) is -2.90. The van der Waals surface area contributed by atoms with E-state index in [1.807, 2.05) is 0 Å². The van der Waals surface area contributed by atoms with Crippen LogP contribution in [0.25, 0.3) is 11.1 Å². The monoisotopic (exact) mass is 285 g/mol. The van der Waals surface area contributed by atoms with E-state index in [-0.39, 0.29) is 5.56 Å². The van der Waals surface area contributed by atoms with Crippen molar-refractivity contribution in [3.05, 3.63) is 53.6 Å². The van der Waals surface area contributed by atoms with E-state index in [0.717, 1.165) is 30.6 Å². The van der Waals surface area contributed by atoms with Crippen molar-refractivity contribution in [3.8, 4) is 11.1 Å². The van der Waals surface area contributed by atoms with Crippen LogP contribution in [-0.4, -0.2) is 16.1 Å². The SMILES string of the molecule is O=C(O)c1ccc(F)c(-c2cnccc2C(F)(F)F)c1. The predicted molar refractivity (Wildman–Crippen MR) is 61.6 cm³/mol. The van der Waals surface area contributed by atoms with Gasteiger partial charge in [-0.05, 0) is 24.3 Å². The fourth-order valence-corrected chi connectivity index (χ4v) is 1.72. The summed E-state index contributed by atoms with van der Waals surface area (Å²) in [4.78, 5) is 14.4. The Morgan fingerprint density at radius 2 is 1.85 bits per heavy atom. The maximum Gasteiger partial charge on any atom is 0.417 e. The highest BCUT2D eigenvalue weighted by Crippen LogP contribution is 2.37. The number of halogens is 4. The molecule has 0 aliphatic carbocycles. The normalized spacial score (nSPS) is 11.4. The Morgan fingerprint density at radius 3 is 2.45 bits per heavy atom. The van der Waals surface area contributed by atoms with Gasteiger partial charge in [-0.15, -0.1) is 0 Å². The average Bonchev–Trinajstić information content (AvgIpc) is 2.38. The summed E-state index contributed by atoms with van der Waals surface area (Å²) in [6, 6.07) is 3.35. The maximum atomic E-state index is 13.7. The van der Waals surface area contributed by atoms with Crippen molar-refractivity contribution in [2.45, 2.75) is 6.18 Å². The first-order valence-electron chi connectivity index (χ1n) is 5.35. The fourth-order valence-electron chi connectivity index (χ4n) is 1.72. The Morgan fingerprint density at radius 1 is 1.15 bits per heavy atom. The van der Waals surface area contributed by atoms with Crippen molar-refractivity contribution >= 4 is 5.97 Å². The van der Waals surface area contributed by atoms with E-state index < -0.39 is 34.7 Å². The minimum absolute atomic E-state index is 0.307. The summed E-state index contributed by atoms with van der Waals surface area (Å²) in [5.74, 6) is -2.31. The van der Waals surface area contributed by atoms with E-state index in [9.17, 15) is 22.4 Å². The lowest BCUT2D eigenvalue weighted by Crippen LogP contribution is -2.08. The molecule has 2 rings (SSSR count). The number of carboxylic acids is 1. The van der Waals surface area contributed by atoms with E-state index in [2.05, 4.69) is 4.98 Å². The zero-order valence-corrected chi connectivity index (χ0v) is 9.78. The quantitative estimate of drug-likeness (QED) is 0.858. The largest absolute Gasteiger partial charge is 0.478 e. The number of carbonyl (C=O) groups is 1. The molecule has 20 heavy (non-hydrogen) atoms. The number of alkyl halides is 3. The molecule has 0 unspecified atom stereocenters. The van der Waals surface area contributed by atoms with Crippen LogP contribution in [0.5, 0.6) is 0 Å². The zero-order valence-electron chi connectivity index (χ0n) is 9.78. The van der Waals surface area contributed by atoms with Gasteiger partial charge in [-0.25, -0.2) is 9.18 Å². The topological polar surface area (TPSA) is 50.2 Å². The maximum absolute atomic E-state index is 13.7. The van der Waals surface area contributed by atoms with Gasteiger partial charge in [0.15, 0.2) is 0 Å². The van der Waals surface area contributed by atoms with Gasteiger partial charge in [0, 0.05) is 23.5 Å². The highest BCUT2D eigenvalue weighted by molar-refractivity contribution is 5.89. The molecule has 1 heterocycles. The number of aromatic carboxylic acids is 1. The Hall–Kier alpha value is -2.44. The van der Waals surface area contributed by atoms with Crippen LogP contribution in [0, 0.1) is 5.82 Å². The molecule has 0 bridgehead atoms. The van der Waals surface area contributed by atoms with E-state index in [1.165, 1.54) is 0 Å². The third kappa shape index (κ3) is 2.61. The number of hydrogen-bond acceptors (Lipinski definition) is 2. The van der Waals surface area contributed by atoms with Crippen molar-refractivity contribution in [1.29, 1.82) is 0 Å². The van der Waals surface area contributed by atoms with Crippen LogP contribution in [0.3, 0.4) is 0 Å². The fraction of sp³-hybridized carbons (Fsp3) is 0.0769. The van der Waals surface area contributed by atoms with Crippen molar-refractivity contribution in [2.24, 2.45) is 0 Å². The summed E-state index contributed by atoms with van der Waals surface area (Å²) < 4.78 is 52.3. The lowest BCUT2D eigenvalue weighted by molar-refractivity contribution is -0.137. The van der Waals surface area contributed by atoms with Crippen LogP contribution in [0.2, 0.25) is 0 Å². The van der Waals surface area contributed by atoms with E-state index >= 15 is 0 Å². The summed E-state index contributed by atoms with van der Waals surface area (Å²) in [6.45, 7) is 0. The van der Waals surface area contributed by atoms with Crippen molar-refractivity contribution in [1.82, 2.24) is 4.98 Å². The van der Waals surface area contributed by atoms with Gasteiger partial charge in [0.25, 0.3) is 0 Å². The molecule has 1 N–H and O–H groups in total. The van der Waals surface area contributed by atoms with Gasteiger partial charge in [0.2, 0.25) is 0 Å². The van der Waals surface area contributed by atoms with E-state index in [1.54, 1.807) is 0 Å². The van der Waals surface area contributed by atoms with Gasteiger partial charge >= 0.3 is 12.1 Å². The summed E-state index contributed by atoms with van der Waals surface area (Å²) in [5.41, 5.74) is -2.33. The number of pyridine rings is 1. The van der Waals surface area contributed by atoms with Gasteiger partial charge in [0.05, 0.1) is 11.1 Å². The first-order valence-corrected chi connectivity index (χ1v) is 5.35. The number of benzene rings is 1. The van der Waals surface area contributed by atoms with Crippen LogP contribution in [0.15, 0.2) is 36.7 Å². The molecule has 104 valence electrons. The lowest BCUT2D eigenvalue weighted by Gasteiger charge is -2.13. The minimum atomic E-state index is -4.69. The van der Waals surface area contributed by atoms with Crippen molar-refractivity contribution in [2.75, 3.05) is 0 Å². The molecule has 7 heteroatoms. The van der Waals surface area contributed by atoms with E-state index in [0.29, 0.717) is 6.07 Å². The smallest absolute Gasteiger partial charge is 0.417 e. The lowest BCUT2D eigenvalue weighted by atomic mass is 9.99. The van der Waals surface area contributed by atoms with Gasteiger partial charge in [-0.3, -0.25) is 4.98 Å². The number of nitrogens with zero attached hydrogens (tertiary/aromatic N) is 1. The molecular formula is C13H7F4NO2. The Bertz CT molecular complexity index is 668. The second-order valence-electron chi connectivity index (χ2n) is 3.92. The molecule has 1 aromatic carbocycles. The Labute approximate surface area is 110 Å². The average molecular weight is 285 g/mol. The Balaban J connectivity index is 2.69.